The number of rotatable bonds is 0. The molecule has 0 aromatic carbocycles. The van der Waals surface area contributed by atoms with E-state index in [9.17, 15) is 0 Å². The standard InChI is InChI=1S/C12H16N2O/c1-12-3-2-4-14(12)10-5-8-7-15-13-11(8)9(10)6-12/h7,9-10H,2-6H2,1H3. The first-order valence-electron chi connectivity index (χ1n) is 5.98. The molecule has 0 bridgehead atoms. The number of aromatic nitrogens is 1. The van der Waals surface area contributed by atoms with Crippen molar-refractivity contribution in [2.75, 3.05) is 6.54 Å². The van der Waals surface area contributed by atoms with Gasteiger partial charge in [-0.25, -0.2) is 0 Å². The molecule has 1 aromatic heterocycles. The fourth-order valence-corrected chi connectivity index (χ4v) is 4.14. The number of hydrogen-bond acceptors (Lipinski definition) is 3. The predicted octanol–water partition coefficient (Wildman–Crippen LogP) is 1.94. The van der Waals surface area contributed by atoms with Crippen molar-refractivity contribution in [2.24, 2.45) is 0 Å². The summed E-state index contributed by atoms with van der Waals surface area (Å²) < 4.78 is 5.08. The second kappa shape index (κ2) is 2.46. The van der Waals surface area contributed by atoms with Crippen molar-refractivity contribution in [3.05, 3.63) is 17.5 Å². The molecule has 2 fully saturated rings. The second-order valence-corrected chi connectivity index (χ2v) is 5.60. The number of fused-ring (bicyclic) bond motifs is 5. The van der Waals surface area contributed by atoms with Crippen LogP contribution >= 0.6 is 0 Å². The molecular formula is C12H16N2O. The average Bonchev–Trinajstić information content (AvgIpc) is 2.83. The van der Waals surface area contributed by atoms with E-state index in [0.29, 0.717) is 11.5 Å². The molecule has 0 saturated carbocycles. The lowest BCUT2D eigenvalue weighted by Gasteiger charge is -2.30. The predicted molar refractivity (Wildman–Crippen MR) is 55.7 cm³/mol. The van der Waals surface area contributed by atoms with Crippen LogP contribution < -0.4 is 0 Å². The van der Waals surface area contributed by atoms with Crippen molar-refractivity contribution < 1.29 is 4.52 Å². The fourth-order valence-electron chi connectivity index (χ4n) is 4.14. The highest BCUT2D eigenvalue weighted by atomic mass is 16.5. The summed E-state index contributed by atoms with van der Waals surface area (Å²) in [5.74, 6) is 0.657. The Morgan fingerprint density at radius 1 is 1.60 bits per heavy atom. The Balaban J connectivity index is 1.78. The van der Waals surface area contributed by atoms with Gasteiger partial charge in [0.25, 0.3) is 0 Å². The summed E-state index contributed by atoms with van der Waals surface area (Å²) in [6.07, 6.45) is 7.05. The van der Waals surface area contributed by atoms with Crippen molar-refractivity contribution in [3.8, 4) is 0 Å². The molecule has 0 amide bonds. The van der Waals surface area contributed by atoms with Crippen LogP contribution in [0, 0.1) is 0 Å². The number of nitrogens with zero attached hydrogens (tertiary/aromatic N) is 2. The van der Waals surface area contributed by atoms with Crippen LogP contribution in [0.4, 0.5) is 0 Å². The third-order valence-corrected chi connectivity index (χ3v) is 4.79. The summed E-state index contributed by atoms with van der Waals surface area (Å²) >= 11 is 0. The lowest BCUT2D eigenvalue weighted by atomic mass is 9.90. The highest BCUT2D eigenvalue weighted by Crippen LogP contribution is 2.53. The summed E-state index contributed by atoms with van der Waals surface area (Å²) in [6.45, 7) is 3.72. The van der Waals surface area contributed by atoms with E-state index in [4.69, 9.17) is 4.52 Å². The van der Waals surface area contributed by atoms with Crippen LogP contribution in [-0.2, 0) is 6.42 Å². The van der Waals surface area contributed by atoms with E-state index in [1.807, 2.05) is 6.26 Å². The topological polar surface area (TPSA) is 29.3 Å². The highest BCUT2D eigenvalue weighted by Gasteiger charge is 2.55. The molecule has 2 saturated heterocycles. The van der Waals surface area contributed by atoms with Gasteiger partial charge in [0, 0.05) is 23.1 Å². The first-order valence-corrected chi connectivity index (χ1v) is 5.98. The van der Waals surface area contributed by atoms with Gasteiger partial charge in [0.2, 0.25) is 0 Å². The highest BCUT2D eigenvalue weighted by molar-refractivity contribution is 5.33. The Morgan fingerprint density at radius 3 is 3.47 bits per heavy atom. The second-order valence-electron chi connectivity index (χ2n) is 5.60. The molecule has 3 nitrogen and oxygen atoms in total. The molecule has 0 N–H and O–H groups in total. The SMILES string of the molecule is CC12CCCN1C1Cc3conc3C1C2. The van der Waals surface area contributed by atoms with Gasteiger partial charge in [0.1, 0.15) is 6.26 Å². The van der Waals surface area contributed by atoms with E-state index >= 15 is 0 Å². The Bertz CT molecular complexity index is 414. The maximum absolute atomic E-state index is 5.08. The molecule has 0 radical (unpaired) electrons. The molecule has 4 rings (SSSR count). The van der Waals surface area contributed by atoms with Crippen LogP contribution in [0.3, 0.4) is 0 Å². The van der Waals surface area contributed by atoms with E-state index in [1.165, 1.54) is 43.5 Å². The maximum atomic E-state index is 5.08. The molecule has 80 valence electrons. The van der Waals surface area contributed by atoms with Crippen molar-refractivity contribution in [1.82, 2.24) is 10.1 Å². The van der Waals surface area contributed by atoms with E-state index < -0.39 is 0 Å². The molecule has 3 unspecified atom stereocenters. The molecule has 3 heteroatoms. The van der Waals surface area contributed by atoms with Crippen LogP contribution in [0.1, 0.15) is 43.4 Å². The third-order valence-electron chi connectivity index (χ3n) is 4.79. The molecule has 3 atom stereocenters. The minimum atomic E-state index is 0.464. The molecule has 3 heterocycles. The van der Waals surface area contributed by atoms with Gasteiger partial charge in [-0.2, -0.15) is 0 Å². The van der Waals surface area contributed by atoms with Gasteiger partial charge in [-0.15, -0.1) is 0 Å². The Kier molecular flexibility index (Phi) is 1.37. The summed E-state index contributed by atoms with van der Waals surface area (Å²) in [5.41, 5.74) is 3.08. The maximum Gasteiger partial charge on any atom is 0.127 e. The first-order chi connectivity index (χ1) is 7.28. The number of hydrogen-bond donors (Lipinski definition) is 0. The Labute approximate surface area is 89.4 Å². The zero-order valence-electron chi connectivity index (χ0n) is 9.07. The zero-order valence-corrected chi connectivity index (χ0v) is 9.07. The summed E-state index contributed by atoms with van der Waals surface area (Å²) in [6, 6.07) is 0.728. The molecule has 2 aliphatic heterocycles. The summed E-state index contributed by atoms with van der Waals surface area (Å²) in [7, 11) is 0. The molecular weight excluding hydrogens is 188 g/mol. The molecule has 15 heavy (non-hydrogen) atoms. The van der Waals surface area contributed by atoms with Crippen LogP contribution in [0.25, 0.3) is 0 Å². The zero-order chi connectivity index (χ0) is 10.0. The smallest absolute Gasteiger partial charge is 0.127 e. The molecule has 1 aliphatic carbocycles. The van der Waals surface area contributed by atoms with Crippen molar-refractivity contribution in [2.45, 2.75) is 50.1 Å². The minimum Gasteiger partial charge on any atom is -0.364 e. The van der Waals surface area contributed by atoms with E-state index in [-0.39, 0.29) is 0 Å². The summed E-state index contributed by atoms with van der Waals surface area (Å²) in [5, 5.41) is 4.20. The van der Waals surface area contributed by atoms with Crippen LogP contribution in [-0.4, -0.2) is 28.2 Å². The van der Waals surface area contributed by atoms with Gasteiger partial charge in [-0.05, 0) is 39.2 Å². The van der Waals surface area contributed by atoms with Gasteiger partial charge in [-0.3, -0.25) is 4.90 Å². The van der Waals surface area contributed by atoms with Crippen molar-refractivity contribution >= 4 is 0 Å². The van der Waals surface area contributed by atoms with E-state index in [1.54, 1.807) is 0 Å². The largest absolute Gasteiger partial charge is 0.364 e. The third kappa shape index (κ3) is 0.882. The van der Waals surface area contributed by atoms with Crippen molar-refractivity contribution in [3.63, 3.8) is 0 Å². The quantitative estimate of drug-likeness (QED) is 0.646. The van der Waals surface area contributed by atoms with Crippen LogP contribution in [0.5, 0.6) is 0 Å². The molecule has 3 aliphatic rings. The van der Waals surface area contributed by atoms with Crippen LogP contribution in [0.2, 0.25) is 0 Å². The van der Waals surface area contributed by atoms with Gasteiger partial charge in [-0.1, -0.05) is 5.16 Å². The van der Waals surface area contributed by atoms with E-state index in [0.717, 1.165) is 6.04 Å². The van der Waals surface area contributed by atoms with Gasteiger partial charge >= 0.3 is 0 Å². The van der Waals surface area contributed by atoms with Gasteiger partial charge in [0.05, 0.1) is 5.69 Å². The molecule has 1 aromatic rings. The Morgan fingerprint density at radius 2 is 2.53 bits per heavy atom. The summed E-state index contributed by atoms with van der Waals surface area (Å²) in [4.78, 5) is 2.74. The van der Waals surface area contributed by atoms with Gasteiger partial charge < -0.3 is 4.52 Å². The van der Waals surface area contributed by atoms with Gasteiger partial charge in [0.15, 0.2) is 0 Å². The lowest BCUT2D eigenvalue weighted by Crippen LogP contribution is -2.40. The van der Waals surface area contributed by atoms with Crippen LogP contribution in [0.15, 0.2) is 10.8 Å². The minimum absolute atomic E-state index is 0.464. The Hall–Kier alpha value is -0.830. The fraction of sp³-hybridized carbons (Fsp3) is 0.750. The van der Waals surface area contributed by atoms with E-state index in [2.05, 4.69) is 17.0 Å². The first kappa shape index (κ1) is 8.34. The molecule has 0 spiro atoms. The average molecular weight is 204 g/mol. The lowest BCUT2D eigenvalue weighted by molar-refractivity contribution is 0.167. The monoisotopic (exact) mass is 204 g/mol. The van der Waals surface area contributed by atoms with Crippen molar-refractivity contribution in [1.29, 1.82) is 0 Å². The normalized spacial score (nSPS) is 43.0.